The van der Waals surface area contributed by atoms with Crippen molar-refractivity contribution in [3.63, 3.8) is 0 Å². The molecule has 0 fully saturated rings. The van der Waals surface area contributed by atoms with Crippen LogP contribution in [-0.4, -0.2) is 34.3 Å². The van der Waals surface area contributed by atoms with Gasteiger partial charge in [0.05, 0.1) is 26.1 Å². The number of carbonyl (C=O) groups excluding carboxylic acids is 1. The zero-order valence-electron chi connectivity index (χ0n) is 20.9. The van der Waals surface area contributed by atoms with Crippen LogP contribution in [0, 0.1) is 11.3 Å². The van der Waals surface area contributed by atoms with Crippen LogP contribution in [0.15, 0.2) is 95.7 Å². The maximum absolute atomic E-state index is 13.3. The molecule has 0 radical (unpaired) electrons. The van der Waals surface area contributed by atoms with Crippen LogP contribution in [-0.2, 0) is 26.2 Å². The zero-order valence-corrected chi connectivity index (χ0v) is 20.9. The largest absolute Gasteiger partial charge is 0.497 e. The molecule has 2 heterocycles. The first kappa shape index (κ1) is 25.7. The van der Waals surface area contributed by atoms with E-state index >= 15 is 0 Å². The summed E-state index contributed by atoms with van der Waals surface area (Å²) in [6, 6.07) is 27.7. The number of carbonyl (C=O) groups is 1. The van der Waals surface area contributed by atoms with Gasteiger partial charge in [0.15, 0.2) is 5.76 Å². The van der Waals surface area contributed by atoms with Gasteiger partial charge >= 0.3 is 0 Å². The number of nitriles is 1. The average molecular weight is 495 g/mol. The van der Waals surface area contributed by atoms with Crippen molar-refractivity contribution in [2.75, 3.05) is 13.7 Å². The second-order valence-electron chi connectivity index (χ2n) is 8.74. The van der Waals surface area contributed by atoms with Gasteiger partial charge in [-0.1, -0.05) is 48.5 Å². The minimum atomic E-state index is -0.243. The molecule has 188 valence electrons. The Morgan fingerprint density at radius 2 is 1.70 bits per heavy atom. The van der Waals surface area contributed by atoms with E-state index in [2.05, 4.69) is 34.2 Å². The van der Waals surface area contributed by atoms with Crippen molar-refractivity contribution in [3.8, 4) is 11.8 Å². The standard InChI is InChI=1S/C30H30N4O3/c1-36-27-12-5-10-25(18-27)21-33(20-24-8-3-2-4-9-24)23-28-13-14-29(37-28)30(35)34(17-7-15-31)22-26-11-6-16-32-19-26/h2-6,8-14,16,18-19H,7,17,20-23H2,1H3. The summed E-state index contributed by atoms with van der Waals surface area (Å²) in [4.78, 5) is 21.3. The van der Waals surface area contributed by atoms with Gasteiger partial charge in [0.2, 0.25) is 0 Å². The molecule has 7 nitrogen and oxygen atoms in total. The molecule has 4 rings (SSSR count). The van der Waals surface area contributed by atoms with E-state index in [4.69, 9.17) is 14.4 Å². The van der Waals surface area contributed by atoms with Gasteiger partial charge in [-0.25, -0.2) is 0 Å². The number of amides is 1. The van der Waals surface area contributed by atoms with E-state index in [1.165, 1.54) is 5.56 Å². The topological polar surface area (TPSA) is 82.6 Å². The van der Waals surface area contributed by atoms with Crippen molar-refractivity contribution in [3.05, 3.63) is 119 Å². The normalized spacial score (nSPS) is 10.7. The Bertz CT molecular complexity index is 1320. The van der Waals surface area contributed by atoms with Gasteiger partial charge < -0.3 is 14.1 Å². The van der Waals surface area contributed by atoms with Gasteiger partial charge in [0, 0.05) is 38.6 Å². The highest BCUT2D eigenvalue weighted by Gasteiger charge is 2.21. The molecule has 37 heavy (non-hydrogen) atoms. The third kappa shape index (κ3) is 7.53. The third-order valence-electron chi connectivity index (χ3n) is 5.92. The summed E-state index contributed by atoms with van der Waals surface area (Å²) < 4.78 is 11.4. The van der Waals surface area contributed by atoms with E-state index in [9.17, 15) is 4.79 Å². The van der Waals surface area contributed by atoms with Crippen LogP contribution >= 0.6 is 0 Å². The molecule has 1 amide bonds. The SMILES string of the molecule is COc1cccc(CN(Cc2ccccc2)Cc2ccc(C(=O)N(CCC#N)Cc3cccnc3)o2)c1. The van der Waals surface area contributed by atoms with Gasteiger partial charge in [-0.05, 0) is 47.0 Å². The minimum absolute atomic E-state index is 0.241. The first-order valence-electron chi connectivity index (χ1n) is 12.2. The van der Waals surface area contributed by atoms with Gasteiger partial charge in [-0.3, -0.25) is 14.7 Å². The number of ether oxygens (including phenoxy) is 1. The lowest BCUT2D eigenvalue weighted by Gasteiger charge is -2.22. The van der Waals surface area contributed by atoms with Crippen molar-refractivity contribution < 1.29 is 13.9 Å². The van der Waals surface area contributed by atoms with Gasteiger partial charge in [0.25, 0.3) is 5.91 Å². The molecule has 0 saturated heterocycles. The van der Waals surface area contributed by atoms with Crippen molar-refractivity contribution in [1.82, 2.24) is 14.8 Å². The van der Waals surface area contributed by atoms with E-state index in [0.29, 0.717) is 31.9 Å². The van der Waals surface area contributed by atoms with Crippen LogP contribution in [0.2, 0.25) is 0 Å². The second kappa shape index (κ2) is 13.1. The summed E-state index contributed by atoms with van der Waals surface area (Å²) in [7, 11) is 1.66. The molecule has 2 aromatic heterocycles. The molecule has 4 aromatic rings. The summed E-state index contributed by atoms with van der Waals surface area (Å²) in [5, 5.41) is 9.07. The van der Waals surface area contributed by atoms with Crippen LogP contribution in [0.5, 0.6) is 5.75 Å². The van der Waals surface area contributed by atoms with Gasteiger partial charge in [-0.15, -0.1) is 0 Å². The van der Waals surface area contributed by atoms with Crippen molar-refractivity contribution >= 4 is 5.91 Å². The second-order valence-corrected chi connectivity index (χ2v) is 8.74. The molecular weight excluding hydrogens is 464 g/mol. The molecular formula is C30H30N4O3. The van der Waals surface area contributed by atoms with Crippen LogP contribution in [0.3, 0.4) is 0 Å². The molecule has 0 bridgehead atoms. The molecule has 0 saturated carbocycles. The number of rotatable bonds is 12. The fraction of sp³-hybridized carbons (Fsp3) is 0.233. The summed E-state index contributed by atoms with van der Waals surface area (Å²) in [6.07, 6.45) is 3.65. The van der Waals surface area contributed by atoms with Crippen molar-refractivity contribution in [2.45, 2.75) is 32.6 Å². The maximum atomic E-state index is 13.3. The number of benzene rings is 2. The number of aromatic nitrogens is 1. The predicted octanol–water partition coefficient (Wildman–Crippen LogP) is 5.44. The highest BCUT2D eigenvalue weighted by Crippen LogP contribution is 2.20. The van der Waals surface area contributed by atoms with Crippen LogP contribution < -0.4 is 4.74 Å². The van der Waals surface area contributed by atoms with Crippen molar-refractivity contribution in [1.29, 1.82) is 5.26 Å². The van der Waals surface area contributed by atoms with Crippen LogP contribution in [0.4, 0.5) is 0 Å². The Labute approximate surface area is 217 Å². The third-order valence-corrected chi connectivity index (χ3v) is 5.92. The predicted molar refractivity (Wildman–Crippen MR) is 140 cm³/mol. The molecule has 0 N–H and O–H groups in total. The molecule has 0 aliphatic carbocycles. The van der Waals surface area contributed by atoms with E-state index < -0.39 is 0 Å². The average Bonchev–Trinajstić information content (AvgIpc) is 3.40. The van der Waals surface area contributed by atoms with Crippen LogP contribution in [0.1, 0.15) is 39.4 Å². The van der Waals surface area contributed by atoms with Crippen LogP contribution in [0.25, 0.3) is 0 Å². The number of hydrogen-bond donors (Lipinski definition) is 0. The molecule has 0 aliphatic heterocycles. The number of hydrogen-bond acceptors (Lipinski definition) is 6. The first-order valence-corrected chi connectivity index (χ1v) is 12.2. The monoisotopic (exact) mass is 494 g/mol. The lowest BCUT2D eigenvalue weighted by Crippen LogP contribution is -2.31. The highest BCUT2D eigenvalue weighted by molar-refractivity contribution is 5.91. The summed E-state index contributed by atoms with van der Waals surface area (Å²) in [5.41, 5.74) is 3.21. The van der Waals surface area contributed by atoms with E-state index in [0.717, 1.165) is 23.4 Å². The lowest BCUT2D eigenvalue weighted by molar-refractivity contribution is 0.0710. The number of nitrogens with zero attached hydrogens (tertiary/aromatic N) is 4. The lowest BCUT2D eigenvalue weighted by atomic mass is 10.1. The Hall–Kier alpha value is -4.41. The van der Waals surface area contributed by atoms with E-state index in [1.807, 2.05) is 54.6 Å². The molecule has 2 aromatic carbocycles. The molecule has 0 aliphatic rings. The fourth-order valence-electron chi connectivity index (χ4n) is 4.14. The number of furan rings is 1. The van der Waals surface area contributed by atoms with Gasteiger partial charge in [-0.2, -0.15) is 5.26 Å². The molecule has 0 atom stereocenters. The smallest absolute Gasteiger partial charge is 0.289 e. The first-order chi connectivity index (χ1) is 18.1. The molecule has 0 unspecified atom stereocenters. The highest BCUT2D eigenvalue weighted by atomic mass is 16.5. The van der Waals surface area contributed by atoms with Gasteiger partial charge in [0.1, 0.15) is 11.5 Å². The number of methoxy groups -OCH3 is 1. The molecule has 7 heteroatoms. The number of pyridine rings is 1. The Kier molecular flexibility index (Phi) is 9.06. The summed E-state index contributed by atoms with van der Waals surface area (Å²) >= 11 is 0. The van der Waals surface area contributed by atoms with E-state index in [1.54, 1.807) is 30.5 Å². The fourth-order valence-corrected chi connectivity index (χ4v) is 4.14. The molecule has 0 spiro atoms. The summed E-state index contributed by atoms with van der Waals surface area (Å²) in [6.45, 7) is 2.61. The van der Waals surface area contributed by atoms with E-state index in [-0.39, 0.29) is 18.1 Å². The Balaban J connectivity index is 1.50. The summed E-state index contributed by atoms with van der Waals surface area (Å²) in [5.74, 6) is 1.53. The Morgan fingerprint density at radius 3 is 2.46 bits per heavy atom. The Morgan fingerprint density at radius 1 is 0.919 bits per heavy atom. The zero-order chi connectivity index (χ0) is 25.9. The minimum Gasteiger partial charge on any atom is -0.497 e. The quantitative estimate of drug-likeness (QED) is 0.261. The van der Waals surface area contributed by atoms with Crippen molar-refractivity contribution in [2.24, 2.45) is 0 Å². The maximum Gasteiger partial charge on any atom is 0.289 e.